The van der Waals surface area contributed by atoms with Gasteiger partial charge < -0.3 is 25.2 Å². The average Bonchev–Trinajstić information content (AvgIpc) is 2.55. The molecule has 0 saturated carbocycles. The molecule has 118 valence electrons. The molecule has 2 unspecified atom stereocenters. The zero-order valence-electron chi connectivity index (χ0n) is 12.3. The van der Waals surface area contributed by atoms with Crippen molar-refractivity contribution in [1.29, 1.82) is 0 Å². The summed E-state index contributed by atoms with van der Waals surface area (Å²) < 4.78 is 5.55. The van der Waals surface area contributed by atoms with E-state index in [9.17, 15) is 9.59 Å². The zero-order valence-corrected chi connectivity index (χ0v) is 12.3. The monoisotopic (exact) mass is 296 g/mol. The first-order valence-electron chi connectivity index (χ1n) is 7.87. The second-order valence-electron chi connectivity index (χ2n) is 5.91. The molecule has 3 fully saturated rings. The zero-order chi connectivity index (χ0) is 14.7. The highest BCUT2D eigenvalue weighted by atomic mass is 16.5. The maximum absolute atomic E-state index is 12.5. The molecule has 21 heavy (non-hydrogen) atoms. The number of carbonyl (C=O) groups excluding carboxylic acids is 2. The van der Waals surface area contributed by atoms with Crippen LogP contribution in [0.15, 0.2) is 0 Å². The molecule has 0 bridgehead atoms. The Kier molecular flexibility index (Phi) is 4.72. The molecule has 7 heteroatoms. The van der Waals surface area contributed by atoms with Crippen molar-refractivity contribution < 1.29 is 14.3 Å². The lowest BCUT2D eigenvalue weighted by Gasteiger charge is -2.42. The second-order valence-corrected chi connectivity index (χ2v) is 5.91. The lowest BCUT2D eigenvalue weighted by atomic mass is 10.0. The molecule has 2 amide bonds. The first-order valence-corrected chi connectivity index (χ1v) is 7.87. The molecule has 0 aromatic rings. The number of piperidine rings is 1. The van der Waals surface area contributed by atoms with Crippen LogP contribution in [0, 0.1) is 0 Å². The van der Waals surface area contributed by atoms with Crippen molar-refractivity contribution in [2.75, 3.05) is 52.4 Å². The average molecular weight is 296 g/mol. The highest BCUT2D eigenvalue weighted by Gasteiger charge is 2.34. The number of hydrogen-bond acceptors (Lipinski definition) is 5. The van der Waals surface area contributed by atoms with Gasteiger partial charge in [0, 0.05) is 45.3 Å². The minimum absolute atomic E-state index is 0.0643. The van der Waals surface area contributed by atoms with E-state index in [4.69, 9.17) is 4.74 Å². The second kappa shape index (κ2) is 6.72. The van der Waals surface area contributed by atoms with E-state index in [0.717, 1.165) is 39.0 Å². The molecule has 3 saturated heterocycles. The SMILES string of the molecule is O=C(C1CNCCO1)N1CCCC(N2CCNCC2=O)C1. The first kappa shape index (κ1) is 14.7. The van der Waals surface area contributed by atoms with Crippen molar-refractivity contribution >= 4 is 11.8 Å². The van der Waals surface area contributed by atoms with E-state index in [-0.39, 0.29) is 24.0 Å². The van der Waals surface area contributed by atoms with Crippen LogP contribution < -0.4 is 10.6 Å². The Morgan fingerprint density at radius 2 is 2.14 bits per heavy atom. The molecular formula is C14H24N4O3. The van der Waals surface area contributed by atoms with Gasteiger partial charge in [0.1, 0.15) is 6.10 Å². The van der Waals surface area contributed by atoms with Crippen LogP contribution in [-0.4, -0.2) is 86.2 Å². The van der Waals surface area contributed by atoms with Crippen LogP contribution in [0.3, 0.4) is 0 Å². The number of hydrogen-bond donors (Lipinski definition) is 2. The van der Waals surface area contributed by atoms with Crippen molar-refractivity contribution in [2.24, 2.45) is 0 Å². The topological polar surface area (TPSA) is 73.9 Å². The molecule has 0 radical (unpaired) electrons. The third-order valence-corrected chi connectivity index (χ3v) is 4.48. The fourth-order valence-electron chi connectivity index (χ4n) is 3.34. The number of rotatable bonds is 2. The van der Waals surface area contributed by atoms with Gasteiger partial charge in [-0.1, -0.05) is 0 Å². The Labute approximate surface area is 125 Å². The van der Waals surface area contributed by atoms with Gasteiger partial charge in [-0.25, -0.2) is 0 Å². The fraction of sp³-hybridized carbons (Fsp3) is 0.857. The molecule has 2 N–H and O–H groups in total. The summed E-state index contributed by atoms with van der Waals surface area (Å²) in [5, 5.41) is 6.28. The number of ether oxygens (including phenoxy) is 1. The molecule has 3 heterocycles. The van der Waals surface area contributed by atoms with Crippen LogP contribution >= 0.6 is 0 Å². The van der Waals surface area contributed by atoms with Gasteiger partial charge in [-0.05, 0) is 12.8 Å². The van der Waals surface area contributed by atoms with Gasteiger partial charge in [0.15, 0.2) is 0 Å². The van der Waals surface area contributed by atoms with E-state index in [1.807, 2.05) is 9.80 Å². The van der Waals surface area contributed by atoms with Crippen molar-refractivity contribution in [3.05, 3.63) is 0 Å². The van der Waals surface area contributed by atoms with E-state index in [2.05, 4.69) is 10.6 Å². The van der Waals surface area contributed by atoms with Crippen LogP contribution in [0.5, 0.6) is 0 Å². The summed E-state index contributed by atoms with van der Waals surface area (Å²) in [4.78, 5) is 28.3. The highest BCUT2D eigenvalue weighted by Crippen LogP contribution is 2.18. The Morgan fingerprint density at radius 1 is 1.24 bits per heavy atom. The van der Waals surface area contributed by atoms with Crippen LogP contribution in [0.4, 0.5) is 0 Å². The number of likely N-dealkylation sites (tertiary alicyclic amines) is 1. The van der Waals surface area contributed by atoms with Gasteiger partial charge in [-0.2, -0.15) is 0 Å². The van der Waals surface area contributed by atoms with Crippen molar-refractivity contribution in [1.82, 2.24) is 20.4 Å². The van der Waals surface area contributed by atoms with Gasteiger partial charge in [-0.3, -0.25) is 9.59 Å². The smallest absolute Gasteiger partial charge is 0.253 e. The number of piperazine rings is 1. The molecule has 0 spiro atoms. The van der Waals surface area contributed by atoms with Gasteiger partial charge >= 0.3 is 0 Å². The lowest BCUT2D eigenvalue weighted by Crippen LogP contribution is -2.59. The lowest BCUT2D eigenvalue weighted by molar-refractivity contribution is -0.149. The number of carbonyl (C=O) groups is 2. The molecule has 2 atom stereocenters. The quantitative estimate of drug-likeness (QED) is 0.642. The minimum Gasteiger partial charge on any atom is -0.366 e. The summed E-state index contributed by atoms with van der Waals surface area (Å²) in [6.45, 7) is 5.40. The molecule has 0 aromatic carbocycles. The molecule has 3 rings (SSSR count). The Hall–Kier alpha value is -1.18. The molecule has 0 aromatic heterocycles. The summed E-state index contributed by atoms with van der Waals surface area (Å²) in [7, 11) is 0. The van der Waals surface area contributed by atoms with Gasteiger partial charge in [-0.15, -0.1) is 0 Å². The third kappa shape index (κ3) is 3.36. The summed E-state index contributed by atoms with van der Waals surface area (Å²) in [5.41, 5.74) is 0. The van der Waals surface area contributed by atoms with E-state index >= 15 is 0 Å². The van der Waals surface area contributed by atoms with Gasteiger partial charge in [0.25, 0.3) is 5.91 Å². The highest BCUT2D eigenvalue weighted by molar-refractivity contribution is 5.82. The predicted molar refractivity (Wildman–Crippen MR) is 76.8 cm³/mol. The normalized spacial score (nSPS) is 31.3. The number of nitrogens with zero attached hydrogens (tertiary/aromatic N) is 2. The molecule has 0 aliphatic carbocycles. The first-order chi connectivity index (χ1) is 10.3. The van der Waals surface area contributed by atoms with E-state index < -0.39 is 0 Å². The van der Waals surface area contributed by atoms with Gasteiger partial charge in [0.05, 0.1) is 13.2 Å². The molecule has 7 nitrogen and oxygen atoms in total. The van der Waals surface area contributed by atoms with Crippen LogP contribution in [-0.2, 0) is 14.3 Å². The Balaban J connectivity index is 1.59. The predicted octanol–water partition coefficient (Wildman–Crippen LogP) is -1.60. The van der Waals surface area contributed by atoms with E-state index in [1.54, 1.807) is 0 Å². The maximum atomic E-state index is 12.5. The van der Waals surface area contributed by atoms with Gasteiger partial charge in [0.2, 0.25) is 5.91 Å². The third-order valence-electron chi connectivity index (χ3n) is 4.48. The largest absolute Gasteiger partial charge is 0.366 e. The standard InChI is InChI=1S/C14H24N4O3/c19-13-9-15-3-6-18(13)11-2-1-5-17(10-11)14(20)12-8-16-4-7-21-12/h11-12,15-16H,1-10H2. The summed E-state index contributed by atoms with van der Waals surface area (Å²) >= 11 is 0. The molecule has 3 aliphatic heterocycles. The van der Waals surface area contributed by atoms with Crippen LogP contribution in [0.25, 0.3) is 0 Å². The maximum Gasteiger partial charge on any atom is 0.253 e. The summed E-state index contributed by atoms with van der Waals surface area (Å²) in [5.74, 6) is 0.214. The van der Waals surface area contributed by atoms with Crippen LogP contribution in [0.1, 0.15) is 12.8 Å². The number of nitrogens with one attached hydrogen (secondary N) is 2. The number of amides is 2. The van der Waals surface area contributed by atoms with E-state index in [0.29, 0.717) is 26.2 Å². The summed E-state index contributed by atoms with van der Waals surface area (Å²) in [6, 6.07) is 0.161. The minimum atomic E-state index is -0.365. The van der Waals surface area contributed by atoms with Crippen molar-refractivity contribution in [3.8, 4) is 0 Å². The Bertz CT molecular complexity index is 398. The Morgan fingerprint density at radius 3 is 2.90 bits per heavy atom. The molecule has 3 aliphatic rings. The summed E-state index contributed by atoms with van der Waals surface area (Å²) in [6.07, 6.45) is 1.57. The van der Waals surface area contributed by atoms with E-state index in [1.165, 1.54) is 0 Å². The van der Waals surface area contributed by atoms with Crippen LogP contribution in [0.2, 0.25) is 0 Å². The van der Waals surface area contributed by atoms with Crippen molar-refractivity contribution in [3.63, 3.8) is 0 Å². The van der Waals surface area contributed by atoms with Crippen molar-refractivity contribution in [2.45, 2.75) is 25.0 Å². The molecular weight excluding hydrogens is 272 g/mol. The fourth-order valence-corrected chi connectivity index (χ4v) is 3.34. The number of morpholine rings is 1.